The fraction of sp³-hybridized carbons (Fsp3) is 0.571. The molecule has 1 aromatic heterocycles. The summed E-state index contributed by atoms with van der Waals surface area (Å²) in [5, 5.41) is 11.0. The highest BCUT2D eigenvalue weighted by Gasteiger charge is 2.16. The Morgan fingerprint density at radius 1 is 1.31 bits per heavy atom. The van der Waals surface area contributed by atoms with Crippen molar-refractivity contribution < 1.29 is 4.74 Å². The Bertz CT molecular complexity index is 886. The summed E-state index contributed by atoms with van der Waals surface area (Å²) in [6, 6.07) is 8.00. The van der Waals surface area contributed by atoms with Crippen LogP contribution in [0, 0.1) is 6.92 Å². The van der Waals surface area contributed by atoms with Crippen LogP contribution >= 0.6 is 0 Å². The Hall–Kier alpha value is -2.77. The number of aliphatic imine (C=N–C) groups is 1. The van der Waals surface area contributed by atoms with Crippen LogP contribution < -0.4 is 21.1 Å². The van der Waals surface area contributed by atoms with E-state index in [1.807, 2.05) is 42.7 Å². The SMILES string of the molecule is CN=C(NCCCn1nc2n(c1=O)CCCC2)NCC(C)Oc1ccccc1C. The van der Waals surface area contributed by atoms with Gasteiger partial charge < -0.3 is 15.4 Å². The van der Waals surface area contributed by atoms with Crippen molar-refractivity contribution in [1.82, 2.24) is 25.0 Å². The lowest BCUT2D eigenvalue weighted by Crippen LogP contribution is -2.42. The second kappa shape index (κ2) is 10.1. The van der Waals surface area contributed by atoms with Crippen molar-refractivity contribution in [2.75, 3.05) is 20.1 Å². The monoisotopic (exact) mass is 400 g/mol. The van der Waals surface area contributed by atoms with Gasteiger partial charge in [0.15, 0.2) is 5.96 Å². The molecule has 2 aromatic rings. The molecule has 0 spiro atoms. The number of aryl methyl sites for hydroxylation is 3. The lowest BCUT2D eigenvalue weighted by molar-refractivity contribution is 0.222. The van der Waals surface area contributed by atoms with Gasteiger partial charge in [0.05, 0.1) is 6.54 Å². The molecule has 1 atom stereocenters. The third-order valence-electron chi connectivity index (χ3n) is 5.07. The molecule has 158 valence electrons. The highest BCUT2D eigenvalue weighted by atomic mass is 16.5. The van der Waals surface area contributed by atoms with E-state index in [0.29, 0.717) is 19.6 Å². The normalized spacial score (nSPS) is 14.9. The van der Waals surface area contributed by atoms with Gasteiger partial charge in [-0.3, -0.25) is 9.56 Å². The number of hydrogen-bond donors (Lipinski definition) is 2. The summed E-state index contributed by atoms with van der Waals surface area (Å²) in [5.74, 6) is 2.55. The summed E-state index contributed by atoms with van der Waals surface area (Å²) in [5.41, 5.74) is 1.14. The molecular weight excluding hydrogens is 368 g/mol. The highest BCUT2D eigenvalue weighted by molar-refractivity contribution is 5.79. The van der Waals surface area contributed by atoms with E-state index in [1.165, 1.54) is 0 Å². The Morgan fingerprint density at radius 2 is 2.14 bits per heavy atom. The minimum Gasteiger partial charge on any atom is -0.489 e. The minimum atomic E-state index is 0.00471. The first-order valence-corrected chi connectivity index (χ1v) is 10.4. The van der Waals surface area contributed by atoms with Gasteiger partial charge in [0.2, 0.25) is 0 Å². The summed E-state index contributed by atoms with van der Waals surface area (Å²) in [4.78, 5) is 16.6. The topological polar surface area (TPSA) is 85.5 Å². The maximum atomic E-state index is 12.3. The molecule has 2 heterocycles. The predicted molar refractivity (Wildman–Crippen MR) is 115 cm³/mol. The molecule has 0 radical (unpaired) electrons. The van der Waals surface area contributed by atoms with Crippen molar-refractivity contribution in [1.29, 1.82) is 0 Å². The zero-order valence-corrected chi connectivity index (χ0v) is 17.6. The van der Waals surface area contributed by atoms with Gasteiger partial charge in [-0.05, 0) is 44.7 Å². The third-order valence-corrected chi connectivity index (χ3v) is 5.07. The molecule has 0 saturated heterocycles. The van der Waals surface area contributed by atoms with Gasteiger partial charge in [-0.25, -0.2) is 9.48 Å². The first-order chi connectivity index (χ1) is 14.1. The average Bonchev–Trinajstić information content (AvgIpc) is 3.05. The summed E-state index contributed by atoms with van der Waals surface area (Å²) in [7, 11) is 1.75. The number of benzene rings is 1. The number of ether oxygens (including phenoxy) is 1. The summed E-state index contributed by atoms with van der Waals surface area (Å²) in [6.07, 6.45) is 3.89. The van der Waals surface area contributed by atoms with Crippen molar-refractivity contribution in [2.45, 2.75) is 58.7 Å². The van der Waals surface area contributed by atoms with Crippen molar-refractivity contribution in [3.8, 4) is 5.75 Å². The fourth-order valence-corrected chi connectivity index (χ4v) is 3.44. The lowest BCUT2D eigenvalue weighted by atomic mass is 10.2. The van der Waals surface area contributed by atoms with E-state index >= 15 is 0 Å². The Balaban J connectivity index is 1.39. The van der Waals surface area contributed by atoms with Crippen LogP contribution in [0.4, 0.5) is 0 Å². The standard InChI is InChI=1S/C21H32N6O2/c1-16-9-4-5-10-18(16)29-17(2)15-24-20(22-3)23-12-8-14-27-21(28)26-13-7-6-11-19(26)25-27/h4-5,9-10,17H,6-8,11-15H2,1-3H3,(H2,22,23,24). The molecule has 8 nitrogen and oxygen atoms in total. The van der Waals surface area contributed by atoms with Gasteiger partial charge >= 0.3 is 5.69 Å². The van der Waals surface area contributed by atoms with Crippen LogP contribution in [0.2, 0.25) is 0 Å². The van der Waals surface area contributed by atoms with Crippen molar-refractivity contribution in [3.05, 3.63) is 46.1 Å². The van der Waals surface area contributed by atoms with Gasteiger partial charge in [-0.15, -0.1) is 0 Å². The Labute approximate surface area is 172 Å². The largest absolute Gasteiger partial charge is 0.489 e. The molecular formula is C21H32N6O2. The number of guanidine groups is 1. The summed E-state index contributed by atoms with van der Waals surface area (Å²) in [6.45, 7) is 6.82. The zero-order chi connectivity index (χ0) is 20.6. The molecule has 8 heteroatoms. The molecule has 29 heavy (non-hydrogen) atoms. The Kier molecular flexibility index (Phi) is 7.32. The first kappa shape index (κ1) is 21.0. The van der Waals surface area contributed by atoms with Crippen LogP contribution in [-0.4, -0.2) is 46.5 Å². The maximum absolute atomic E-state index is 12.3. The molecule has 0 amide bonds. The third kappa shape index (κ3) is 5.62. The second-order valence-corrected chi connectivity index (χ2v) is 7.46. The first-order valence-electron chi connectivity index (χ1n) is 10.4. The van der Waals surface area contributed by atoms with E-state index in [-0.39, 0.29) is 11.8 Å². The quantitative estimate of drug-likeness (QED) is 0.400. The smallest absolute Gasteiger partial charge is 0.345 e. The number of para-hydroxylation sites is 1. The van der Waals surface area contributed by atoms with Crippen molar-refractivity contribution >= 4 is 5.96 Å². The van der Waals surface area contributed by atoms with Crippen LogP contribution in [0.3, 0.4) is 0 Å². The Morgan fingerprint density at radius 3 is 2.90 bits per heavy atom. The number of fused-ring (bicyclic) bond motifs is 1. The number of nitrogens with zero attached hydrogens (tertiary/aromatic N) is 4. The zero-order valence-electron chi connectivity index (χ0n) is 17.6. The van der Waals surface area contributed by atoms with E-state index in [1.54, 1.807) is 11.7 Å². The molecule has 2 N–H and O–H groups in total. The van der Waals surface area contributed by atoms with E-state index < -0.39 is 0 Å². The molecule has 0 bridgehead atoms. The van der Waals surface area contributed by atoms with Crippen LogP contribution in [0.25, 0.3) is 0 Å². The minimum absolute atomic E-state index is 0.00471. The van der Waals surface area contributed by atoms with Gasteiger partial charge in [0.25, 0.3) is 0 Å². The molecule has 0 saturated carbocycles. The van der Waals surface area contributed by atoms with Crippen LogP contribution in [0.15, 0.2) is 34.1 Å². The number of nitrogens with one attached hydrogen (secondary N) is 2. The molecule has 0 aliphatic carbocycles. The fourth-order valence-electron chi connectivity index (χ4n) is 3.44. The van der Waals surface area contributed by atoms with Crippen LogP contribution in [-0.2, 0) is 19.5 Å². The van der Waals surface area contributed by atoms with E-state index in [0.717, 1.165) is 55.3 Å². The second-order valence-electron chi connectivity index (χ2n) is 7.46. The molecule has 1 aromatic carbocycles. The summed E-state index contributed by atoms with van der Waals surface area (Å²) >= 11 is 0. The van der Waals surface area contributed by atoms with E-state index in [4.69, 9.17) is 4.74 Å². The van der Waals surface area contributed by atoms with Gasteiger partial charge in [-0.2, -0.15) is 5.10 Å². The number of aromatic nitrogens is 3. The molecule has 1 aliphatic rings. The van der Waals surface area contributed by atoms with Gasteiger partial charge in [0, 0.05) is 33.1 Å². The van der Waals surface area contributed by atoms with Crippen LogP contribution in [0.5, 0.6) is 5.75 Å². The van der Waals surface area contributed by atoms with E-state index in [2.05, 4.69) is 20.7 Å². The van der Waals surface area contributed by atoms with Crippen LogP contribution in [0.1, 0.15) is 37.6 Å². The summed E-state index contributed by atoms with van der Waals surface area (Å²) < 4.78 is 9.39. The van der Waals surface area contributed by atoms with Crippen molar-refractivity contribution in [2.24, 2.45) is 4.99 Å². The molecule has 1 unspecified atom stereocenters. The number of hydrogen-bond acceptors (Lipinski definition) is 4. The van der Waals surface area contributed by atoms with Gasteiger partial charge in [-0.1, -0.05) is 18.2 Å². The molecule has 0 fully saturated rings. The maximum Gasteiger partial charge on any atom is 0.345 e. The van der Waals surface area contributed by atoms with Crippen molar-refractivity contribution in [3.63, 3.8) is 0 Å². The number of rotatable bonds is 8. The molecule has 3 rings (SSSR count). The average molecular weight is 401 g/mol. The lowest BCUT2D eigenvalue weighted by Gasteiger charge is -2.18. The molecule has 1 aliphatic heterocycles. The predicted octanol–water partition coefficient (Wildman–Crippen LogP) is 1.71. The highest BCUT2D eigenvalue weighted by Crippen LogP contribution is 2.17. The van der Waals surface area contributed by atoms with Gasteiger partial charge in [0.1, 0.15) is 17.7 Å². The van der Waals surface area contributed by atoms with E-state index in [9.17, 15) is 4.79 Å².